The van der Waals surface area contributed by atoms with Crippen molar-refractivity contribution in [3.8, 4) is 5.75 Å². The molecule has 10 heteroatoms. The predicted molar refractivity (Wildman–Crippen MR) is 148 cm³/mol. The van der Waals surface area contributed by atoms with E-state index in [0.29, 0.717) is 43.2 Å². The molecule has 0 fully saturated rings. The van der Waals surface area contributed by atoms with E-state index in [1.807, 2.05) is 57.4 Å². The second-order valence-corrected chi connectivity index (χ2v) is 12.6. The minimum Gasteiger partial charge on any atom is -0.494 e. The van der Waals surface area contributed by atoms with E-state index in [2.05, 4.69) is 4.99 Å². The van der Waals surface area contributed by atoms with Crippen LogP contribution in [0.25, 0.3) is 10.2 Å². The summed E-state index contributed by atoms with van der Waals surface area (Å²) in [7, 11) is -2.04. The van der Waals surface area contributed by atoms with Crippen molar-refractivity contribution in [3.63, 3.8) is 0 Å². The molecule has 0 spiro atoms. The Labute approximate surface area is 223 Å². The second-order valence-electron chi connectivity index (χ2n) is 9.64. The lowest BCUT2D eigenvalue weighted by molar-refractivity contribution is 0.0997. The number of rotatable bonds is 12. The normalized spacial score (nSPS) is 12.8. The number of hydrogen-bond acceptors (Lipinski definition) is 6. The number of aromatic nitrogens is 1. The fourth-order valence-electron chi connectivity index (χ4n) is 3.95. The molecule has 1 heterocycles. The molecule has 0 atom stereocenters. The summed E-state index contributed by atoms with van der Waals surface area (Å²) in [4.78, 5) is 18.2. The van der Waals surface area contributed by atoms with Gasteiger partial charge in [-0.05, 0) is 61.2 Å². The number of fused-ring (bicyclic) bond motifs is 1. The maximum atomic E-state index is 13.3. The smallest absolute Gasteiger partial charge is 0.279 e. The van der Waals surface area contributed by atoms with Crippen LogP contribution < -0.4 is 9.54 Å². The van der Waals surface area contributed by atoms with Crippen LogP contribution in [0.3, 0.4) is 0 Å². The van der Waals surface area contributed by atoms with E-state index in [1.165, 1.54) is 39.9 Å². The number of thiazole rings is 1. The summed E-state index contributed by atoms with van der Waals surface area (Å²) >= 11 is 1.40. The molecule has 1 aromatic heterocycles. The first-order valence-corrected chi connectivity index (χ1v) is 14.8. The summed E-state index contributed by atoms with van der Waals surface area (Å²) in [6, 6.07) is 11.8. The van der Waals surface area contributed by atoms with Gasteiger partial charge in [-0.2, -0.15) is 9.30 Å². The third-order valence-corrected chi connectivity index (χ3v) is 8.45. The maximum absolute atomic E-state index is 13.3. The Morgan fingerprint density at radius 3 is 2.27 bits per heavy atom. The minimum absolute atomic E-state index is 0.172. The standard InChI is InChI=1S/C27H37N3O5S2/c1-7-35-22-10-13-24-25(16-22)36-27(30(24)14-15-34-6)28-26(31)21-8-11-23(12-9-21)37(32,33)29(17-19(2)3)18-20(4)5/h8-13,16,19-20H,7,14-15,17-18H2,1-6H3. The third kappa shape index (κ3) is 7.28. The van der Waals surface area contributed by atoms with Crippen molar-refractivity contribution in [1.29, 1.82) is 0 Å². The minimum atomic E-state index is -3.67. The zero-order valence-corrected chi connectivity index (χ0v) is 24.1. The van der Waals surface area contributed by atoms with Crippen LogP contribution >= 0.6 is 11.3 Å². The molecule has 0 saturated carbocycles. The Bertz CT molecular complexity index is 1360. The average Bonchev–Trinajstić information content (AvgIpc) is 3.17. The van der Waals surface area contributed by atoms with Crippen LogP contribution in [0.4, 0.5) is 0 Å². The molecule has 0 unspecified atom stereocenters. The SMILES string of the molecule is CCOc1ccc2c(c1)sc(=NC(=O)c1ccc(S(=O)(=O)N(CC(C)C)CC(C)C)cc1)n2CCOC. The Morgan fingerprint density at radius 1 is 1.05 bits per heavy atom. The van der Waals surface area contributed by atoms with Gasteiger partial charge in [-0.1, -0.05) is 39.0 Å². The van der Waals surface area contributed by atoms with Gasteiger partial charge in [-0.15, -0.1) is 0 Å². The molecule has 0 aliphatic heterocycles. The number of carbonyl (C=O) groups is 1. The summed E-state index contributed by atoms with van der Waals surface area (Å²) in [6.07, 6.45) is 0. The molecule has 2 aromatic carbocycles. The highest BCUT2D eigenvalue weighted by Crippen LogP contribution is 2.24. The van der Waals surface area contributed by atoms with Gasteiger partial charge in [0.25, 0.3) is 5.91 Å². The Balaban J connectivity index is 1.94. The number of carbonyl (C=O) groups excluding carboxylic acids is 1. The summed E-state index contributed by atoms with van der Waals surface area (Å²) in [6.45, 7) is 12.4. The van der Waals surface area contributed by atoms with Crippen LogP contribution in [0.2, 0.25) is 0 Å². The van der Waals surface area contributed by atoms with E-state index >= 15 is 0 Å². The molecular formula is C27H37N3O5S2. The molecule has 0 N–H and O–H groups in total. The second kappa shape index (κ2) is 12.8. The van der Waals surface area contributed by atoms with Crippen LogP contribution in [0, 0.1) is 11.8 Å². The average molecular weight is 548 g/mol. The molecule has 0 aliphatic rings. The Morgan fingerprint density at radius 2 is 1.70 bits per heavy atom. The molecule has 1 amide bonds. The Hall–Kier alpha value is -2.53. The zero-order chi connectivity index (χ0) is 27.2. The van der Waals surface area contributed by atoms with Gasteiger partial charge < -0.3 is 14.0 Å². The van der Waals surface area contributed by atoms with E-state index in [1.54, 1.807) is 7.11 Å². The summed E-state index contributed by atoms with van der Waals surface area (Å²) in [5.41, 5.74) is 1.26. The van der Waals surface area contributed by atoms with E-state index in [-0.39, 0.29) is 16.7 Å². The highest BCUT2D eigenvalue weighted by molar-refractivity contribution is 7.89. The van der Waals surface area contributed by atoms with Gasteiger partial charge in [0.1, 0.15) is 5.75 Å². The molecule has 0 radical (unpaired) electrons. The zero-order valence-electron chi connectivity index (χ0n) is 22.4. The lowest BCUT2D eigenvalue weighted by Gasteiger charge is -2.25. The van der Waals surface area contributed by atoms with Crippen molar-refractivity contribution in [2.24, 2.45) is 16.8 Å². The first-order valence-electron chi connectivity index (χ1n) is 12.5. The third-order valence-electron chi connectivity index (χ3n) is 5.56. The van der Waals surface area contributed by atoms with Gasteiger partial charge in [-0.25, -0.2) is 8.42 Å². The van der Waals surface area contributed by atoms with Gasteiger partial charge in [0.2, 0.25) is 10.0 Å². The van der Waals surface area contributed by atoms with E-state index < -0.39 is 15.9 Å². The number of benzene rings is 2. The van der Waals surface area contributed by atoms with Crippen molar-refractivity contribution in [3.05, 3.63) is 52.8 Å². The first-order chi connectivity index (χ1) is 17.6. The molecule has 202 valence electrons. The van der Waals surface area contributed by atoms with Crippen LogP contribution in [-0.2, 0) is 21.3 Å². The highest BCUT2D eigenvalue weighted by Gasteiger charge is 2.26. The Kier molecular flexibility index (Phi) is 10.1. The van der Waals surface area contributed by atoms with Gasteiger partial charge in [0, 0.05) is 32.3 Å². The molecule has 0 saturated heterocycles. The van der Waals surface area contributed by atoms with Gasteiger partial charge in [0.05, 0.1) is 28.3 Å². The summed E-state index contributed by atoms with van der Waals surface area (Å²) in [5, 5.41) is 0. The number of methoxy groups -OCH3 is 1. The van der Waals surface area contributed by atoms with Crippen molar-refractivity contribution < 1.29 is 22.7 Å². The number of sulfonamides is 1. The van der Waals surface area contributed by atoms with Crippen LogP contribution in [0.5, 0.6) is 5.75 Å². The number of hydrogen-bond donors (Lipinski definition) is 0. The fraction of sp³-hybridized carbons (Fsp3) is 0.481. The number of ether oxygens (including phenoxy) is 2. The first kappa shape index (κ1) is 29.0. The summed E-state index contributed by atoms with van der Waals surface area (Å²) in [5.74, 6) is 0.717. The van der Waals surface area contributed by atoms with E-state index in [9.17, 15) is 13.2 Å². The van der Waals surface area contributed by atoms with Gasteiger partial charge in [-0.3, -0.25) is 4.79 Å². The lowest BCUT2D eigenvalue weighted by atomic mass is 10.2. The van der Waals surface area contributed by atoms with E-state index in [0.717, 1.165) is 16.0 Å². The molecule has 0 aliphatic carbocycles. The quantitative estimate of drug-likeness (QED) is 0.325. The number of amides is 1. The molecular weight excluding hydrogens is 510 g/mol. The molecule has 0 bridgehead atoms. The molecule has 8 nitrogen and oxygen atoms in total. The topological polar surface area (TPSA) is 90.2 Å². The molecule has 3 rings (SSSR count). The van der Waals surface area contributed by atoms with Crippen LogP contribution in [0.1, 0.15) is 45.0 Å². The summed E-state index contributed by atoms with van der Waals surface area (Å²) < 4.78 is 41.9. The van der Waals surface area contributed by atoms with Gasteiger partial charge >= 0.3 is 0 Å². The van der Waals surface area contributed by atoms with Crippen LogP contribution in [-0.4, -0.2) is 56.6 Å². The highest BCUT2D eigenvalue weighted by atomic mass is 32.2. The van der Waals surface area contributed by atoms with Crippen LogP contribution in [0.15, 0.2) is 52.4 Å². The van der Waals surface area contributed by atoms with Gasteiger partial charge in [0.15, 0.2) is 4.80 Å². The maximum Gasteiger partial charge on any atom is 0.279 e. The van der Waals surface area contributed by atoms with Crippen molar-refractivity contribution in [2.45, 2.75) is 46.1 Å². The number of nitrogens with zero attached hydrogens (tertiary/aromatic N) is 3. The largest absolute Gasteiger partial charge is 0.494 e. The van der Waals surface area contributed by atoms with E-state index in [4.69, 9.17) is 9.47 Å². The van der Waals surface area contributed by atoms with Crippen molar-refractivity contribution in [2.75, 3.05) is 33.4 Å². The van der Waals surface area contributed by atoms with Crippen molar-refractivity contribution in [1.82, 2.24) is 8.87 Å². The lowest BCUT2D eigenvalue weighted by Crippen LogP contribution is -2.37. The molecule has 37 heavy (non-hydrogen) atoms. The van der Waals surface area contributed by atoms with Crippen molar-refractivity contribution >= 4 is 37.5 Å². The monoisotopic (exact) mass is 547 g/mol. The fourth-order valence-corrected chi connectivity index (χ4v) is 6.80. The predicted octanol–water partition coefficient (Wildman–Crippen LogP) is 4.79. The molecule has 3 aromatic rings.